The van der Waals surface area contributed by atoms with Gasteiger partial charge in [-0.25, -0.2) is 4.39 Å². The molecule has 2 aromatic rings. The Morgan fingerprint density at radius 1 is 1.07 bits per heavy atom. The highest BCUT2D eigenvalue weighted by molar-refractivity contribution is 5.96. The highest BCUT2D eigenvalue weighted by Gasteiger charge is 2.46. The largest absolute Gasteiger partial charge is 0.455 e. The molecule has 0 aromatic heterocycles. The van der Waals surface area contributed by atoms with Crippen molar-refractivity contribution in [1.82, 2.24) is 0 Å². The summed E-state index contributed by atoms with van der Waals surface area (Å²) in [6, 6.07) is 17.2. The van der Waals surface area contributed by atoms with E-state index < -0.39 is 29.7 Å². The highest BCUT2D eigenvalue weighted by Crippen LogP contribution is 2.43. The molecule has 29 heavy (non-hydrogen) atoms. The zero-order valence-corrected chi connectivity index (χ0v) is 16.1. The molecular formula is C23H23FN2O3. The number of ether oxygens (including phenoxy) is 1. The third kappa shape index (κ3) is 4.45. The molecule has 6 heteroatoms. The predicted octanol–water partition coefficient (Wildman–Crippen LogP) is 4.13. The van der Waals surface area contributed by atoms with Gasteiger partial charge in [0, 0.05) is 17.8 Å². The third-order valence-electron chi connectivity index (χ3n) is 5.38. The number of halogens is 1. The van der Waals surface area contributed by atoms with E-state index in [1.807, 2.05) is 12.1 Å². The number of hydrogen-bond acceptors (Lipinski definition) is 4. The fourth-order valence-corrected chi connectivity index (χ4v) is 3.92. The molecule has 150 valence electrons. The lowest BCUT2D eigenvalue weighted by Crippen LogP contribution is -2.40. The van der Waals surface area contributed by atoms with Crippen LogP contribution in [-0.4, -0.2) is 25.0 Å². The molecule has 3 rings (SSSR count). The number of esters is 1. The second-order valence-electron chi connectivity index (χ2n) is 7.13. The molecule has 1 aliphatic carbocycles. The number of para-hydroxylation sites is 1. The maximum Gasteiger partial charge on any atom is 0.317 e. The smallest absolute Gasteiger partial charge is 0.317 e. The monoisotopic (exact) mass is 394 g/mol. The Morgan fingerprint density at radius 2 is 1.72 bits per heavy atom. The van der Waals surface area contributed by atoms with Crippen molar-refractivity contribution in [3.8, 4) is 6.07 Å². The van der Waals surface area contributed by atoms with Crippen molar-refractivity contribution in [2.45, 2.75) is 37.5 Å². The summed E-state index contributed by atoms with van der Waals surface area (Å²) in [5.41, 5.74) is -0.0802. The van der Waals surface area contributed by atoms with Crippen molar-refractivity contribution >= 4 is 17.6 Å². The SMILES string of the molecule is N#CCCN(C(=O)COC(=O)C1(c2ccccc2F)CCCC1)c1ccccc1. The molecule has 0 aliphatic heterocycles. The van der Waals surface area contributed by atoms with Crippen LogP contribution in [0.25, 0.3) is 0 Å². The molecule has 1 aliphatic rings. The van der Waals surface area contributed by atoms with Gasteiger partial charge in [0.15, 0.2) is 6.61 Å². The average Bonchev–Trinajstić information content (AvgIpc) is 3.24. The van der Waals surface area contributed by atoms with Crippen LogP contribution in [0.1, 0.15) is 37.7 Å². The molecule has 0 saturated heterocycles. The van der Waals surface area contributed by atoms with Crippen LogP contribution in [-0.2, 0) is 19.7 Å². The van der Waals surface area contributed by atoms with Crippen molar-refractivity contribution in [3.05, 3.63) is 66.0 Å². The minimum atomic E-state index is -1.05. The second kappa shape index (κ2) is 9.33. The molecule has 5 nitrogen and oxygen atoms in total. The van der Waals surface area contributed by atoms with Crippen molar-refractivity contribution in [2.24, 2.45) is 0 Å². The normalized spacial score (nSPS) is 14.8. The molecule has 0 N–H and O–H groups in total. The van der Waals surface area contributed by atoms with Gasteiger partial charge in [-0.3, -0.25) is 9.59 Å². The summed E-state index contributed by atoms with van der Waals surface area (Å²) in [7, 11) is 0. The molecule has 1 amide bonds. The Balaban J connectivity index is 1.74. The van der Waals surface area contributed by atoms with E-state index in [4.69, 9.17) is 10.00 Å². The van der Waals surface area contributed by atoms with Crippen LogP contribution in [0.3, 0.4) is 0 Å². The minimum absolute atomic E-state index is 0.160. The maximum absolute atomic E-state index is 14.4. The lowest BCUT2D eigenvalue weighted by Gasteiger charge is -2.28. The van der Waals surface area contributed by atoms with Gasteiger partial charge < -0.3 is 9.64 Å². The van der Waals surface area contributed by atoms with Crippen LogP contribution in [0, 0.1) is 17.1 Å². The van der Waals surface area contributed by atoms with Gasteiger partial charge >= 0.3 is 5.97 Å². The van der Waals surface area contributed by atoms with Gasteiger partial charge in [0.05, 0.1) is 17.9 Å². The summed E-state index contributed by atoms with van der Waals surface area (Å²) >= 11 is 0. The van der Waals surface area contributed by atoms with Crippen molar-refractivity contribution in [1.29, 1.82) is 5.26 Å². The summed E-state index contributed by atoms with van der Waals surface area (Å²) in [6.07, 6.45) is 2.76. The van der Waals surface area contributed by atoms with E-state index in [0.29, 0.717) is 24.1 Å². The fourth-order valence-electron chi connectivity index (χ4n) is 3.92. The molecule has 0 unspecified atom stereocenters. The highest BCUT2D eigenvalue weighted by atomic mass is 19.1. The number of carbonyl (C=O) groups excluding carboxylic acids is 2. The maximum atomic E-state index is 14.4. The van der Waals surface area contributed by atoms with E-state index in [0.717, 1.165) is 12.8 Å². The van der Waals surface area contributed by atoms with Crippen LogP contribution in [0.5, 0.6) is 0 Å². The summed E-state index contributed by atoms with van der Waals surface area (Å²) in [6.45, 7) is -0.245. The topological polar surface area (TPSA) is 70.4 Å². The Kier molecular flexibility index (Phi) is 6.61. The van der Waals surface area contributed by atoms with Crippen LogP contribution < -0.4 is 4.90 Å². The summed E-state index contributed by atoms with van der Waals surface area (Å²) in [5.74, 6) is -1.42. The van der Waals surface area contributed by atoms with E-state index in [1.165, 1.54) is 11.0 Å². The number of carbonyl (C=O) groups is 2. The van der Waals surface area contributed by atoms with E-state index in [-0.39, 0.29) is 13.0 Å². The van der Waals surface area contributed by atoms with Crippen LogP contribution in [0.15, 0.2) is 54.6 Å². The fraction of sp³-hybridized carbons (Fsp3) is 0.348. The third-order valence-corrected chi connectivity index (χ3v) is 5.38. The Morgan fingerprint density at radius 3 is 2.38 bits per heavy atom. The molecule has 0 radical (unpaired) electrons. The quantitative estimate of drug-likeness (QED) is 0.662. The first kappa shape index (κ1) is 20.5. The van der Waals surface area contributed by atoms with Crippen molar-refractivity contribution in [2.75, 3.05) is 18.1 Å². The number of rotatable bonds is 7. The lowest BCUT2D eigenvalue weighted by atomic mass is 9.78. The molecule has 0 bridgehead atoms. The van der Waals surface area contributed by atoms with E-state index in [1.54, 1.807) is 42.5 Å². The van der Waals surface area contributed by atoms with Gasteiger partial charge in [-0.1, -0.05) is 49.2 Å². The van der Waals surface area contributed by atoms with E-state index >= 15 is 0 Å². The molecule has 2 aromatic carbocycles. The number of anilines is 1. The Labute approximate surface area is 169 Å². The minimum Gasteiger partial charge on any atom is -0.455 e. The summed E-state index contributed by atoms with van der Waals surface area (Å²) in [4.78, 5) is 27.2. The molecule has 0 atom stereocenters. The van der Waals surface area contributed by atoms with Gasteiger partial charge in [0.2, 0.25) is 0 Å². The first-order chi connectivity index (χ1) is 14.1. The van der Waals surface area contributed by atoms with Gasteiger partial charge in [-0.2, -0.15) is 5.26 Å². The number of hydrogen-bond donors (Lipinski definition) is 0. The average molecular weight is 394 g/mol. The summed E-state index contributed by atoms with van der Waals surface area (Å²) in [5, 5.41) is 8.88. The van der Waals surface area contributed by atoms with Crippen LogP contribution in [0.4, 0.5) is 10.1 Å². The lowest BCUT2D eigenvalue weighted by molar-refractivity contribution is -0.154. The first-order valence-corrected chi connectivity index (χ1v) is 9.73. The van der Waals surface area contributed by atoms with Gasteiger partial charge in [0.25, 0.3) is 5.91 Å². The molecule has 0 spiro atoms. The Bertz CT molecular complexity index is 902. The van der Waals surface area contributed by atoms with Crippen molar-refractivity contribution in [3.63, 3.8) is 0 Å². The predicted molar refractivity (Wildman–Crippen MR) is 107 cm³/mol. The molecule has 1 fully saturated rings. The van der Waals surface area contributed by atoms with Crippen molar-refractivity contribution < 1.29 is 18.7 Å². The Hall–Kier alpha value is -3.20. The first-order valence-electron chi connectivity index (χ1n) is 9.73. The van der Waals surface area contributed by atoms with Gasteiger partial charge in [0.1, 0.15) is 5.82 Å². The van der Waals surface area contributed by atoms with E-state index in [2.05, 4.69) is 0 Å². The number of amides is 1. The number of nitrogens with zero attached hydrogens (tertiary/aromatic N) is 2. The van der Waals surface area contributed by atoms with Gasteiger partial charge in [-0.15, -0.1) is 0 Å². The zero-order chi connectivity index (χ0) is 20.7. The standard InChI is InChI=1S/C23H23FN2O3/c24-20-12-5-4-11-19(20)23(13-6-7-14-23)22(28)29-17-21(27)26(16-8-15-25)18-9-2-1-3-10-18/h1-5,9-12H,6-8,13-14,16-17H2. The van der Waals surface area contributed by atoms with Gasteiger partial charge in [-0.05, 0) is 31.0 Å². The zero-order valence-electron chi connectivity index (χ0n) is 16.1. The summed E-state index contributed by atoms with van der Waals surface area (Å²) < 4.78 is 19.8. The number of nitriles is 1. The number of benzene rings is 2. The molecule has 1 saturated carbocycles. The second-order valence-corrected chi connectivity index (χ2v) is 7.13. The molecular weight excluding hydrogens is 371 g/mol. The molecule has 0 heterocycles. The van der Waals surface area contributed by atoms with E-state index in [9.17, 15) is 14.0 Å². The van der Waals surface area contributed by atoms with Crippen LogP contribution >= 0.6 is 0 Å². The van der Waals surface area contributed by atoms with Crippen LogP contribution in [0.2, 0.25) is 0 Å².